The fraction of sp³-hybridized carbons (Fsp3) is 0.480. The minimum atomic E-state index is -0.661. The summed E-state index contributed by atoms with van der Waals surface area (Å²) in [6.45, 7) is 3.06. The largest absolute Gasteiger partial charge is 0.374 e. The lowest BCUT2D eigenvalue weighted by molar-refractivity contribution is 0.0262. The number of nitrogens with one attached hydrogen (secondary N) is 2. The number of hydrogen-bond acceptors (Lipinski definition) is 8. The lowest BCUT2D eigenvalue weighted by atomic mass is 9.89. The molecule has 7 rings (SSSR count). The van der Waals surface area contributed by atoms with Gasteiger partial charge < -0.3 is 20.3 Å². The van der Waals surface area contributed by atoms with Crippen LogP contribution in [0.25, 0.3) is 10.2 Å². The van der Waals surface area contributed by atoms with Crippen LogP contribution in [0.2, 0.25) is 0 Å². The van der Waals surface area contributed by atoms with E-state index in [2.05, 4.69) is 20.6 Å². The van der Waals surface area contributed by atoms with E-state index in [4.69, 9.17) is 4.74 Å². The topological polar surface area (TPSA) is 118 Å². The molecule has 2 saturated heterocycles. The normalized spacial score (nSPS) is 23.9. The third-order valence-corrected chi connectivity index (χ3v) is 9.05. The predicted molar refractivity (Wildman–Crippen MR) is 134 cm³/mol. The van der Waals surface area contributed by atoms with Crippen molar-refractivity contribution in [3.8, 4) is 0 Å². The maximum atomic E-state index is 13.7. The van der Waals surface area contributed by atoms with E-state index in [1.54, 1.807) is 10.6 Å². The van der Waals surface area contributed by atoms with E-state index >= 15 is 0 Å². The summed E-state index contributed by atoms with van der Waals surface area (Å²) in [5, 5.41) is 7.01. The molecule has 2 atom stereocenters. The second kappa shape index (κ2) is 7.84. The van der Waals surface area contributed by atoms with Gasteiger partial charge in [-0.2, -0.15) is 0 Å². The number of likely N-dealkylation sites (tertiary alicyclic amines) is 1. The van der Waals surface area contributed by atoms with Crippen molar-refractivity contribution in [3.63, 3.8) is 0 Å². The number of amides is 2. The van der Waals surface area contributed by atoms with Crippen molar-refractivity contribution in [3.05, 3.63) is 44.9 Å². The molecule has 0 radical (unpaired) electrons. The van der Waals surface area contributed by atoms with E-state index in [1.807, 2.05) is 17.9 Å². The molecule has 3 aromatic heterocycles. The van der Waals surface area contributed by atoms with Crippen LogP contribution >= 0.6 is 11.3 Å². The monoisotopic (exact) mass is 506 g/mol. The Labute approximate surface area is 210 Å². The van der Waals surface area contributed by atoms with E-state index < -0.39 is 5.66 Å². The lowest BCUT2D eigenvalue weighted by Gasteiger charge is -2.35. The van der Waals surface area contributed by atoms with Crippen LogP contribution in [0.3, 0.4) is 0 Å². The minimum absolute atomic E-state index is 0.0166. The molecule has 1 aliphatic carbocycles. The zero-order valence-corrected chi connectivity index (χ0v) is 20.7. The van der Waals surface area contributed by atoms with E-state index in [9.17, 15) is 14.4 Å². The first-order valence-electron chi connectivity index (χ1n) is 12.5. The molecule has 2 N–H and O–H groups in total. The fourth-order valence-electron chi connectivity index (χ4n) is 6.31. The van der Waals surface area contributed by atoms with Gasteiger partial charge in [-0.1, -0.05) is 6.42 Å². The number of nitrogens with zero attached hydrogens (tertiary/aromatic N) is 4. The molecule has 2 amide bonds. The Bertz CT molecular complexity index is 1490. The highest BCUT2D eigenvalue weighted by Crippen LogP contribution is 2.38. The molecular formula is C25H26N6O4S. The van der Waals surface area contributed by atoms with Crippen LogP contribution in [0.4, 0.5) is 11.5 Å². The summed E-state index contributed by atoms with van der Waals surface area (Å²) < 4.78 is 7.30. The predicted octanol–water partition coefficient (Wildman–Crippen LogP) is 2.88. The van der Waals surface area contributed by atoms with Gasteiger partial charge in [-0.05, 0) is 56.7 Å². The number of hydrogen-bond donors (Lipinski definition) is 2. The van der Waals surface area contributed by atoms with Crippen LogP contribution in [0.1, 0.15) is 64.2 Å². The molecule has 10 nitrogen and oxygen atoms in total. The van der Waals surface area contributed by atoms with Gasteiger partial charge in [-0.3, -0.25) is 19.0 Å². The number of fused-ring (bicyclic) bond motifs is 5. The number of ether oxygens (including phenoxy) is 1. The Balaban J connectivity index is 1.26. The number of aromatic nitrogens is 3. The van der Waals surface area contributed by atoms with E-state index in [-0.39, 0.29) is 29.5 Å². The van der Waals surface area contributed by atoms with Crippen molar-refractivity contribution < 1.29 is 14.3 Å². The molecular weight excluding hydrogens is 480 g/mol. The van der Waals surface area contributed by atoms with Crippen LogP contribution < -0.4 is 16.2 Å². The van der Waals surface area contributed by atoms with Crippen LogP contribution in [-0.2, 0) is 10.4 Å². The van der Waals surface area contributed by atoms with Crippen LogP contribution in [-0.4, -0.2) is 56.5 Å². The summed E-state index contributed by atoms with van der Waals surface area (Å²) in [6.07, 6.45) is 6.98. The van der Waals surface area contributed by atoms with Crippen molar-refractivity contribution in [2.75, 3.05) is 18.5 Å². The second-order valence-electron chi connectivity index (χ2n) is 10.3. The molecule has 0 unspecified atom stereocenters. The second-order valence-corrected chi connectivity index (χ2v) is 11.3. The number of anilines is 2. The zero-order chi connectivity index (χ0) is 24.6. The molecule has 186 valence electrons. The molecule has 1 spiro atoms. The Hall–Kier alpha value is -3.31. The van der Waals surface area contributed by atoms with Crippen molar-refractivity contribution in [1.29, 1.82) is 0 Å². The average molecular weight is 507 g/mol. The van der Waals surface area contributed by atoms with Gasteiger partial charge in [0.25, 0.3) is 17.4 Å². The van der Waals surface area contributed by atoms with E-state index in [1.165, 1.54) is 17.7 Å². The standard InChI is InChI=1S/C25H26N6O4S/c1-13-7-17(23(33)31-19(13)21(32)29-25(31)5-3-2-4-6-25)28-20-16-9-18(36-22(16)27-12-26-20)24(34)30-10-15-8-14(30)11-35-15/h7,9,12,14-15H,2-6,8,10-11H2,1H3,(H,29,32)(H,26,27,28)/t14-,15-/m0/s1. The summed E-state index contributed by atoms with van der Waals surface area (Å²) in [5.74, 6) is 0.259. The summed E-state index contributed by atoms with van der Waals surface area (Å²) >= 11 is 1.33. The maximum absolute atomic E-state index is 13.7. The molecule has 3 aliphatic heterocycles. The number of carbonyl (C=O) groups is 2. The first-order chi connectivity index (χ1) is 17.4. The molecule has 36 heavy (non-hydrogen) atoms. The van der Waals surface area contributed by atoms with Gasteiger partial charge in [-0.15, -0.1) is 11.3 Å². The van der Waals surface area contributed by atoms with Gasteiger partial charge in [0.05, 0.1) is 29.0 Å². The first-order valence-corrected chi connectivity index (χ1v) is 13.3. The van der Waals surface area contributed by atoms with Crippen LogP contribution in [0.15, 0.2) is 23.3 Å². The smallest absolute Gasteiger partial charge is 0.276 e. The Morgan fingerprint density at radius 1 is 1.22 bits per heavy atom. The summed E-state index contributed by atoms with van der Waals surface area (Å²) in [6, 6.07) is 3.65. The Morgan fingerprint density at radius 2 is 2.06 bits per heavy atom. The van der Waals surface area contributed by atoms with Gasteiger partial charge in [0.15, 0.2) is 0 Å². The molecule has 2 bridgehead atoms. The Kier molecular flexibility index (Phi) is 4.78. The summed E-state index contributed by atoms with van der Waals surface area (Å²) in [4.78, 5) is 51.7. The lowest BCUT2D eigenvalue weighted by Crippen LogP contribution is -2.48. The minimum Gasteiger partial charge on any atom is -0.374 e. The number of aryl methyl sites for hydroxylation is 1. The third-order valence-electron chi connectivity index (χ3n) is 8.02. The highest BCUT2D eigenvalue weighted by Gasteiger charge is 2.45. The van der Waals surface area contributed by atoms with Crippen LogP contribution in [0, 0.1) is 6.92 Å². The summed E-state index contributed by atoms with van der Waals surface area (Å²) in [7, 11) is 0. The van der Waals surface area contributed by atoms with E-state index in [0.717, 1.165) is 44.1 Å². The van der Waals surface area contributed by atoms with Gasteiger partial charge >= 0.3 is 0 Å². The number of morpholine rings is 1. The average Bonchev–Trinajstić information content (AvgIpc) is 3.65. The van der Waals surface area contributed by atoms with Crippen molar-refractivity contribution in [2.45, 2.75) is 63.3 Å². The quantitative estimate of drug-likeness (QED) is 0.561. The van der Waals surface area contributed by atoms with Gasteiger partial charge in [-0.25, -0.2) is 9.97 Å². The third kappa shape index (κ3) is 3.15. The Morgan fingerprint density at radius 3 is 2.81 bits per heavy atom. The highest BCUT2D eigenvalue weighted by atomic mass is 32.1. The first kappa shape index (κ1) is 21.9. The SMILES string of the molecule is Cc1cc(Nc2ncnc3sc(C(=O)N4C[C@@H]5C[C@H]4CO5)cc23)c(=O)n2c1C(=O)NC21CCCCC1. The number of thiophene rings is 1. The number of pyridine rings is 1. The number of rotatable bonds is 3. The van der Waals surface area contributed by atoms with Gasteiger partial charge in [0, 0.05) is 6.54 Å². The molecule has 1 saturated carbocycles. The van der Waals surface area contributed by atoms with Crippen molar-refractivity contribution in [1.82, 2.24) is 24.8 Å². The highest BCUT2D eigenvalue weighted by molar-refractivity contribution is 7.20. The van der Waals surface area contributed by atoms with E-state index in [0.29, 0.717) is 45.4 Å². The molecule has 3 aromatic rings. The van der Waals surface area contributed by atoms with Gasteiger partial charge in [0.2, 0.25) is 0 Å². The molecule has 6 heterocycles. The number of carbonyl (C=O) groups excluding carboxylic acids is 2. The fourth-order valence-corrected chi connectivity index (χ4v) is 7.27. The van der Waals surface area contributed by atoms with Gasteiger partial charge in [0.1, 0.15) is 34.0 Å². The molecule has 3 fully saturated rings. The molecule has 4 aliphatic rings. The molecule has 0 aromatic carbocycles. The van der Waals surface area contributed by atoms with Crippen molar-refractivity contribution >= 4 is 44.9 Å². The van der Waals surface area contributed by atoms with Crippen molar-refractivity contribution in [2.24, 2.45) is 0 Å². The van der Waals surface area contributed by atoms with Crippen LogP contribution in [0.5, 0.6) is 0 Å². The summed E-state index contributed by atoms with van der Waals surface area (Å²) in [5.41, 5.74) is 0.613. The zero-order valence-electron chi connectivity index (χ0n) is 19.9. The maximum Gasteiger partial charge on any atom is 0.276 e. The molecule has 11 heteroatoms.